The summed E-state index contributed by atoms with van der Waals surface area (Å²) >= 11 is 0. The van der Waals surface area contributed by atoms with E-state index < -0.39 is 0 Å². The summed E-state index contributed by atoms with van der Waals surface area (Å²) in [5.41, 5.74) is 2.01. The molecule has 0 radical (unpaired) electrons. The second-order valence-corrected chi connectivity index (χ2v) is 7.31. The van der Waals surface area contributed by atoms with Crippen LogP contribution in [0.3, 0.4) is 0 Å². The van der Waals surface area contributed by atoms with Crippen LogP contribution in [0, 0.1) is 12.8 Å². The van der Waals surface area contributed by atoms with Gasteiger partial charge < -0.3 is 19.3 Å². The van der Waals surface area contributed by atoms with Gasteiger partial charge in [-0.1, -0.05) is 13.8 Å². The van der Waals surface area contributed by atoms with E-state index in [2.05, 4.69) is 0 Å². The maximum Gasteiger partial charge on any atom is 0.227 e. The fraction of sp³-hybridized carbons (Fsp3) is 0.600. The van der Waals surface area contributed by atoms with E-state index in [1.54, 1.807) is 0 Å². The first kappa shape index (κ1) is 18.5. The number of fused-ring (bicyclic) bond motifs is 1. The molecule has 2 aliphatic rings. The van der Waals surface area contributed by atoms with Gasteiger partial charge in [-0.3, -0.25) is 9.59 Å². The third kappa shape index (κ3) is 4.11. The van der Waals surface area contributed by atoms with E-state index in [1.165, 1.54) is 0 Å². The Labute approximate surface area is 155 Å². The number of benzene rings is 1. The molecule has 1 aromatic carbocycles. The van der Waals surface area contributed by atoms with E-state index in [1.807, 2.05) is 42.7 Å². The van der Waals surface area contributed by atoms with Gasteiger partial charge in [0.15, 0.2) is 11.5 Å². The van der Waals surface area contributed by atoms with Crippen molar-refractivity contribution in [3.63, 3.8) is 0 Å². The Hall–Kier alpha value is -2.24. The summed E-state index contributed by atoms with van der Waals surface area (Å²) in [6, 6.07) is 3.87. The van der Waals surface area contributed by atoms with Crippen molar-refractivity contribution in [2.24, 2.45) is 5.92 Å². The lowest BCUT2D eigenvalue weighted by atomic mass is 10.0. The van der Waals surface area contributed by atoms with Crippen molar-refractivity contribution >= 4 is 11.8 Å². The summed E-state index contributed by atoms with van der Waals surface area (Å²) in [6.45, 7) is 9.56. The highest BCUT2D eigenvalue weighted by atomic mass is 16.6. The molecule has 3 rings (SSSR count). The molecule has 1 fully saturated rings. The lowest BCUT2D eigenvalue weighted by molar-refractivity contribution is -0.135. The molecule has 0 bridgehead atoms. The van der Waals surface area contributed by atoms with Gasteiger partial charge in [-0.15, -0.1) is 0 Å². The summed E-state index contributed by atoms with van der Waals surface area (Å²) in [6.07, 6.45) is 1.17. The van der Waals surface area contributed by atoms with Gasteiger partial charge in [0.05, 0.1) is 6.42 Å². The predicted molar refractivity (Wildman–Crippen MR) is 98.5 cm³/mol. The normalized spacial score (nSPS) is 17.2. The van der Waals surface area contributed by atoms with Crippen molar-refractivity contribution in [2.45, 2.75) is 33.6 Å². The molecule has 26 heavy (non-hydrogen) atoms. The SMILES string of the molecule is Cc1cc2c(cc1CC(=O)N1CCCN(C(=O)C(C)C)CC1)OCCO2. The Bertz CT molecular complexity index is 687. The van der Waals surface area contributed by atoms with Crippen LogP contribution in [0.5, 0.6) is 11.5 Å². The molecule has 142 valence electrons. The summed E-state index contributed by atoms with van der Waals surface area (Å²) in [5, 5.41) is 0. The average Bonchev–Trinajstić information content (AvgIpc) is 2.87. The van der Waals surface area contributed by atoms with Crippen LogP contribution in [-0.4, -0.2) is 61.0 Å². The minimum absolute atomic E-state index is 0.00221. The topological polar surface area (TPSA) is 59.1 Å². The number of aryl methyl sites for hydroxylation is 1. The molecule has 0 aromatic heterocycles. The maximum atomic E-state index is 12.8. The molecular weight excluding hydrogens is 332 g/mol. The Morgan fingerprint density at radius 2 is 1.62 bits per heavy atom. The minimum atomic E-state index is -0.00221. The van der Waals surface area contributed by atoms with Gasteiger partial charge in [0, 0.05) is 32.1 Å². The minimum Gasteiger partial charge on any atom is -0.486 e. The Balaban J connectivity index is 1.64. The van der Waals surface area contributed by atoms with Gasteiger partial charge in [-0.25, -0.2) is 0 Å². The Morgan fingerprint density at radius 3 is 2.31 bits per heavy atom. The molecule has 0 aliphatic carbocycles. The van der Waals surface area contributed by atoms with Gasteiger partial charge in [-0.05, 0) is 36.6 Å². The second-order valence-electron chi connectivity index (χ2n) is 7.31. The number of amides is 2. The van der Waals surface area contributed by atoms with E-state index in [4.69, 9.17) is 9.47 Å². The van der Waals surface area contributed by atoms with Crippen LogP contribution in [0.1, 0.15) is 31.4 Å². The number of ether oxygens (including phenoxy) is 2. The van der Waals surface area contributed by atoms with Crippen LogP contribution in [0.4, 0.5) is 0 Å². The molecule has 0 N–H and O–H groups in total. The standard InChI is InChI=1S/C20H28N2O4/c1-14(2)20(24)22-6-4-5-21(7-8-22)19(23)13-16-12-18-17(11-15(16)3)25-9-10-26-18/h11-12,14H,4-10,13H2,1-3H3. The van der Waals surface area contributed by atoms with Crippen molar-refractivity contribution in [1.82, 2.24) is 9.80 Å². The first-order chi connectivity index (χ1) is 12.5. The zero-order valence-electron chi connectivity index (χ0n) is 15.9. The van der Waals surface area contributed by atoms with Gasteiger partial charge in [0.1, 0.15) is 13.2 Å². The number of rotatable bonds is 3. The third-order valence-electron chi connectivity index (χ3n) is 5.00. The molecule has 2 amide bonds. The van der Waals surface area contributed by atoms with E-state index >= 15 is 0 Å². The van der Waals surface area contributed by atoms with Gasteiger partial charge >= 0.3 is 0 Å². The number of hydrogen-bond acceptors (Lipinski definition) is 4. The van der Waals surface area contributed by atoms with Gasteiger partial charge in [-0.2, -0.15) is 0 Å². The average molecular weight is 360 g/mol. The number of carbonyl (C=O) groups is 2. The molecule has 0 atom stereocenters. The van der Waals surface area contributed by atoms with Crippen molar-refractivity contribution in [3.8, 4) is 11.5 Å². The fourth-order valence-electron chi connectivity index (χ4n) is 3.45. The fourth-order valence-corrected chi connectivity index (χ4v) is 3.45. The van der Waals surface area contributed by atoms with E-state index in [-0.39, 0.29) is 17.7 Å². The molecule has 2 heterocycles. The summed E-state index contributed by atoms with van der Waals surface area (Å²) in [4.78, 5) is 28.8. The highest BCUT2D eigenvalue weighted by molar-refractivity contribution is 5.80. The zero-order chi connectivity index (χ0) is 18.7. The Kier molecular flexibility index (Phi) is 5.69. The molecule has 1 saturated heterocycles. The maximum absolute atomic E-state index is 12.8. The van der Waals surface area contributed by atoms with E-state index in [0.717, 1.165) is 29.8 Å². The lowest BCUT2D eigenvalue weighted by Gasteiger charge is -2.24. The van der Waals surface area contributed by atoms with E-state index in [9.17, 15) is 9.59 Å². The first-order valence-electron chi connectivity index (χ1n) is 9.41. The molecule has 0 spiro atoms. The second kappa shape index (κ2) is 7.98. The summed E-state index contributed by atoms with van der Waals surface area (Å²) < 4.78 is 11.2. The highest BCUT2D eigenvalue weighted by Gasteiger charge is 2.24. The van der Waals surface area contributed by atoms with Crippen molar-refractivity contribution < 1.29 is 19.1 Å². The molecule has 0 saturated carbocycles. The van der Waals surface area contributed by atoms with Crippen molar-refractivity contribution in [3.05, 3.63) is 23.3 Å². The van der Waals surface area contributed by atoms with Gasteiger partial charge in [0.2, 0.25) is 11.8 Å². The Morgan fingerprint density at radius 1 is 1.00 bits per heavy atom. The van der Waals surface area contributed by atoms with E-state index in [0.29, 0.717) is 45.0 Å². The molecule has 6 nitrogen and oxygen atoms in total. The number of carbonyl (C=O) groups excluding carboxylic acids is 2. The molecule has 0 unspecified atom stereocenters. The quantitative estimate of drug-likeness (QED) is 0.828. The van der Waals surface area contributed by atoms with Crippen molar-refractivity contribution in [2.75, 3.05) is 39.4 Å². The van der Waals surface area contributed by atoms with Crippen LogP contribution >= 0.6 is 0 Å². The zero-order valence-corrected chi connectivity index (χ0v) is 15.9. The first-order valence-corrected chi connectivity index (χ1v) is 9.41. The largest absolute Gasteiger partial charge is 0.486 e. The third-order valence-corrected chi connectivity index (χ3v) is 5.00. The number of hydrogen-bond donors (Lipinski definition) is 0. The smallest absolute Gasteiger partial charge is 0.227 e. The van der Waals surface area contributed by atoms with Gasteiger partial charge in [0.25, 0.3) is 0 Å². The van der Waals surface area contributed by atoms with Crippen molar-refractivity contribution in [1.29, 1.82) is 0 Å². The summed E-state index contributed by atoms with van der Waals surface area (Å²) in [7, 11) is 0. The monoisotopic (exact) mass is 360 g/mol. The highest BCUT2D eigenvalue weighted by Crippen LogP contribution is 2.33. The lowest BCUT2D eigenvalue weighted by Crippen LogP contribution is -2.39. The molecular formula is C20H28N2O4. The molecule has 1 aromatic rings. The molecule has 6 heteroatoms. The van der Waals surface area contributed by atoms with Crippen LogP contribution in [0.15, 0.2) is 12.1 Å². The predicted octanol–water partition coefficient (Wildman–Crippen LogP) is 2.03. The van der Waals surface area contributed by atoms with Crippen LogP contribution in [0.2, 0.25) is 0 Å². The van der Waals surface area contributed by atoms with Crippen LogP contribution < -0.4 is 9.47 Å². The van der Waals surface area contributed by atoms with Crippen LogP contribution in [0.25, 0.3) is 0 Å². The number of nitrogens with zero attached hydrogens (tertiary/aromatic N) is 2. The molecule has 2 aliphatic heterocycles. The van der Waals surface area contributed by atoms with Crippen LogP contribution in [-0.2, 0) is 16.0 Å². The summed E-state index contributed by atoms with van der Waals surface area (Å²) in [5.74, 6) is 1.74.